The van der Waals surface area contributed by atoms with E-state index in [-0.39, 0.29) is 13.2 Å². The van der Waals surface area contributed by atoms with E-state index in [0.29, 0.717) is 11.6 Å². The van der Waals surface area contributed by atoms with Crippen LogP contribution in [0.1, 0.15) is 46.1 Å². The molecule has 0 aromatic heterocycles. The molecule has 0 spiro atoms. The van der Waals surface area contributed by atoms with Crippen molar-refractivity contribution < 1.29 is 18.9 Å². The first-order valence-corrected chi connectivity index (χ1v) is 11.5. The third kappa shape index (κ3) is 7.99. The molecular formula is C16H26NO4PS2. The lowest BCUT2D eigenvalue weighted by atomic mass is 10.0. The van der Waals surface area contributed by atoms with Crippen molar-refractivity contribution in [2.24, 2.45) is 0 Å². The summed E-state index contributed by atoms with van der Waals surface area (Å²) in [4.78, 5) is 23.5. The van der Waals surface area contributed by atoms with Crippen molar-refractivity contribution in [1.82, 2.24) is 0 Å². The van der Waals surface area contributed by atoms with Crippen LogP contribution < -0.4 is 4.90 Å². The second-order valence-corrected chi connectivity index (χ2v) is 11.9. The van der Waals surface area contributed by atoms with Crippen LogP contribution >= 0.6 is 17.9 Å². The molecule has 5 nitrogen and oxygen atoms in total. The number of nitrogens with zero attached hydrogens (tertiary/aromatic N) is 1. The van der Waals surface area contributed by atoms with Crippen LogP contribution in [0.4, 0.5) is 10.5 Å². The number of hydrogen-bond acceptors (Lipinski definition) is 4. The Balaban J connectivity index is 3.01. The fraction of sp³-hybridized carbons (Fsp3) is 0.562. The molecule has 0 heterocycles. The van der Waals surface area contributed by atoms with Gasteiger partial charge in [0.25, 0.3) is 0 Å². The Kier molecular flexibility index (Phi) is 7.75. The second kappa shape index (κ2) is 8.68. The number of carbonyl (C=O) groups is 1. The Morgan fingerprint density at radius 1 is 1.42 bits per heavy atom. The molecule has 1 aromatic carbocycles. The Labute approximate surface area is 154 Å². The van der Waals surface area contributed by atoms with E-state index in [4.69, 9.17) is 21.1 Å². The number of benzene rings is 1. The zero-order chi connectivity index (χ0) is 18.5. The van der Waals surface area contributed by atoms with E-state index in [1.54, 1.807) is 0 Å². The van der Waals surface area contributed by atoms with Gasteiger partial charge in [-0.15, -0.1) is 0 Å². The van der Waals surface area contributed by atoms with E-state index in [1.807, 2.05) is 45.0 Å². The first-order chi connectivity index (χ1) is 10.9. The third-order valence-corrected chi connectivity index (χ3v) is 4.22. The maximum Gasteiger partial charge on any atom is 0.414 e. The fourth-order valence-electron chi connectivity index (χ4n) is 1.95. The summed E-state index contributed by atoms with van der Waals surface area (Å²) in [7, 11) is 0. The summed E-state index contributed by atoms with van der Waals surface area (Å²) in [5, 5.41) is 0. The van der Waals surface area contributed by atoms with Crippen molar-refractivity contribution in [3.05, 3.63) is 29.8 Å². The van der Waals surface area contributed by atoms with E-state index >= 15 is 0 Å². The summed E-state index contributed by atoms with van der Waals surface area (Å²) in [6, 6.07) is 7.70. The van der Waals surface area contributed by atoms with Crippen LogP contribution in [-0.2, 0) is 21.1 Å². The molecule has 0 radical (unpaired) electrons. The van der Waals surface area contributed by atoms with Gasteiger partial charge in [0, 0.05) is 5.69 Å². The van der Waals surface area contributed by atoms with E-state index in [0.717, 1.165) is 5.56 Å². The smallest absolute Gasteiger partial charge is 0.414 e. The van der Waals surface area contributed by atoms with Crippen LogP contribution in [-0.4, -0.2) is 29.7 Å². The van der Waals surface area contributed by atoms with Crippen molar-refractivity contribution in [3.8, 4) is 0 Å². The molecule has 136 valence electrons. The highest BCUT2D eigenvalue weighted by molar-refractivity contribution is 8.59. The first-order valence-electron chi connectivity index (χ1n) is 7.69. The summed E-state index contributed by atoms with van der Waals surface area (Å²) < 4.78 is 10.6. The number of hydrogen-bond donors (Lipinski definition) is 2. The molecule has 0 bridgehead atoms. The largest absolute Gasteiger partial charge is 0.443 e. The van der Waals surface area contributed by atoms with Gasteiger partial charge in [-0.3, -0.25) is 4.90 Å². The number of anilines is 1. The molecule has 1 amide bonds. The van der Waals surface area contributed by atoms with Gasteiger partial charge in [-0.1, -0.05) is 38.2 Å². The topological polar surface area (TPSA) is 59.0 Å². The van der Waals surface area contributed by atoms with Crippen LogP contribution in [0.2, 0.25) is 0 Å². The Morgan fingerprint density at radius 2 is 2.04 bits per heavy atom. The SMILES string of the molecule is CC(C)c1cccc(N(CCOP(O)(=S)S)C(=O)OC(C)(C)C)c1. The molecule has 0 aliphatic heterocycles. The predicted molar refractivity (Wildman–Crippen MR) is 106 cm³/mol. The Hall–Kier alpha value is -0.590. The molecule has 0 saturated carbocycles. The highest BCUT2D eigenvalue weighted by atomic mass is 32.9. The Morgan fingerprint density at radius 3 is 2.54 bits per heavy atom. The second-order valence-electron chi connectivity index (χ2n) is 6.71. The molecule has 0 aliphatic carbocycles. The predicted octanol–water partition coefficient (Wildman–Crippen LogP) is 4.71. The number of carbonyl (C=O) groups excluding carboxylic acids is 1. The molecule has 1 unspecified atom stereocenters. The minimum Gasteiger partial charge on any atom is -0.443 e. The quantitative estimate of drug-likeness (QED) is 0.543. The van der Waals surface area contributed by atoms with Gasteiger partial charge in [0.15, 0.2) is 0 Å². The van der Waals surface area contributed by atoms with Gasteiger partial charge in [-0.25, -0.2) is 4.79 Å². The molecule has 1 rings (SSSR count). The fourth-order valence-corrected chi connectivity index (χ4v) is 2.73. The van der Waals surface area contributed by atoms with Crippen LogP contribution in [0, 0.1) is 0 Å². The van der Waals surface area contributed by atoms with E-state index < -0.39 is 17.4 Å². The molecular weight excluding hydrogens is 365 g/mol. The van der Waals surface area contributed by atoms with Gasteiger partial charge in [-0.2, -0.15) is 0 Å². The molecule has 0 fully saturated rings. The van der Waals surface area contributed by atoms with Crippen LogP contribution in [0.5, 0.6) is 0 Å². The zero-order valence-electron chi connectivity index (χ0n) is 14.7. The molecule has 24 heavy (non-hydrogen) atoms. The van der Waals surface area contributed by atoms with Crippen LogP contribution in [0.3, 0.4) is 0 Å². The van der Waals surface area contributed by atoms with Crippen molar-refractivity contribution in [2.45, 2.75) is 46.1 Å². The molecule has 1 aromatic rings. The molecule has 1 atom stereocenters. The minimum atomic E-state index is -3.06. The normalized spacial score (nSPS) is 14.3. The summed E-state index contributed by atoms with van der Waals surface area (Å²) >= 11 is 8.57. The summed E-state index contributed by atoms with van der Waals surface area (Å²) in [6.45, 7) is 9.88. The number of ether oxygens (including phenoxy) is 1. The van der Waals surface area contributed by atoms with Crippen molar-refractivity contribution in [1.29, 1.82) is 0 Å². The number of amides is 1. The minimum absolute atomic E-state index is 0.0719. The maximum atomic E-state index is 12.5. The van der Waals surface area contributed by atoms with Gasteiger partial charge in [0.2, 0.25) is 5.69 Å². The van der Waals surface area contributed by atoms with Gasteiger partial charge >= 0.3 is 6.09 Å². The lowest BCUT2D eigenvalue weighted by Crippen LogP contribution is -2.38. The lowest BCUT2D eigenvalue weighted by molar-refractivity contribution is 0.0575. The highest BCUT2D eigenvalue weighted by Gasteiger charge is 2.24. The molecule has 0 aliphatic rings. The highest BCUT2D eigenvalue weighted by Crippen LogP contribution is 2.47. The van der Waals surface area contributed by atoms with Crippen LogP contribution in [0.25, 0.3) is 0 Å². The Bertz CT molecular complexity index is 610. The lowest BCUT2D eigenvalue weighted by Gasteiger charge is -2.28. The maximum absolute atomic E-state index is 12.5. The van der Waals surface area contributed by atoms with Gasteiger partial charge in [-0.05, 0) is 56.2 Å². The summed E-state index contributed by atoms with van der Waals surface area (Å²) in [5.74, 6) is 0.336. The molecule has 8 heteroatoms. The van der Waals surface area contributed by atoms with E-state index in [1.165, 1.54) is 4.90 Å². The number of thiol groups is 1. The van der Waals surface area contributed by atoms with Crippen molar-refractivity contribution in [3.63, 3.8) is 0 Å². The van der Waals surface area contributed by atoms with Gasteiger partial charge in [0.05, 0.1) is 13.2 Å². The van der Waals surface area contributed by atoms with Crippen molar-refractivity contribution >= 4 is 41.5 Å². The van der Waals surface area contributed by atoms with Crippen molar-refractivity contribution in [2.75, 3.05) is 18.1 Å². The summed E-state index contributed by atoms with van der Waals surface area (Å²) in [6.07, 6.45) is -0.475. The molecule has 1 N–H and O–H groups in total. The first kappa shape index (κ1) is 21.5. The zero-order valence-corrected chi connectivity index (χ0v) is 17.3. The van der Waals surface area contributed by atoms with E-state index in [9.17, 15) is 9.69 Å². The molecule has 0 saturated heterocycles. The third-order valence-electron chi connectivity index (χ3n) is 3.04. The number of rotatable bonds is 6. The average molecular weight is 391 g/mol. The van der Waals surface area contributed by atoms with E-state index in [2.05, 4.69) is 26.1 Å². The standard InChI is InChI=1S/C16H26NO4PS2/c1-12(2)13-7-6-8-14(11-13)17(9-10-20-22(19,23)24)15(18)21-16(3,4)5/h6-8,11-12H,9-10H2,1-5H3,(H2,19,23,24). The van der Waals surface area contributed by atoms with Crippen LogP contribution in [0.15, 0.2) is 24.3 Å². The average Bonchev–Trinajstić information content (AvgIpc) is 2.40. The van der Waals surface area contributed by atoms with Gasteiger partial charge < -0.3 is 14.2 Å². The monoisotopic (exact) mass is 391 g/mol. The summed E-state index contributed by atoms with van der Waals surface area (Å²) in [5.41, 5.74) is -1.84. The van der Waals surface area contributed by atoms with Gasteiger partial charge in [0.1, 0.15) is 5.60 Å².